The van der Waals surface area contributed by atoms with E-state index in [0.29, 0.717) is 19.3 Å². The molecule has 0 heterocycles. The van der Waals surface area contributed by atoms with Crippen LogP contribution in [-0.2, 0) is 42.2 Å². The van der Waals surface area contributed by atoms with E-state index in [4.69, 9.17) is 23.3 Å². The molecule has 2 N–H and O–H groups in total. The lowest BCUT2D eigenvalue weighted by atomic mass is 10.0. The van der Waals surface area contributed by atoms with Crippen LogP contribution in [0.15, 0.2) is 60.8 Å². The number of carbonyl (C=O) groups excluding carboxylic acids is 3. The Balaban J connectivity index is 4.72. The third-order valence-electron chi connectivity index (χ3n) is 12.9. The van der Waals surface area contributed by atoms with Crippen LogP contribution in [0.2, 0.25) is 0 Å². The first-order valence-electron chi connectivity index (χ1n) is 30.2. The third kappa shape index (κ3) is 54.0. The highest BCUT2D eigenvalue weighted by Crippen LogP contribution is 2.43. The van der Waals surface area contributed by atoms with Gasteiger partial charge in [0.1, 0.15) is 12.7 Å². The van der Waals surface area contributed by atoms with Crippen LogP contribution in [0.25, 0.3) is 0 Å². The van der Waals surface area contributed by atoms with Gasteiger partial charge >= 0.3 is 25.7 Å². The molecule has 0 rings (SSSR count). The zero-order valence-corrected chi connectivity index (χ0v) is 48.5. The number of phosphoric acid groups is 1. The minimum absolute atomic E-state index is 0.148. The van der Waals surface area contributed by atoms with Crippen LogP contribution < -0.4 is 0 Å². The highest BCUT2D eigenvalue weighted by Gasteiger charge is 2.28. The first-order valence-corrected chi connectivity index (χ1v) is 31.7. The maximum atomic E-state index is 12.9. The van der Waals surface area contributed by atoms with Crippen molar-refractivity contribution in [1.82, 2.24) is 0 Å². The Labute approximate surface area is 453 Å². The fourth-order valence-electron chi connectivity index (χ4n) is 8.34. The summed E-state index contributed by atoms with van der Waals surface area (Å²) in [7, 11) is -4.76. The molecule has 12 heteroatoms. The van der Waals surface area contributed by atoms with Gasteiger partial charge in [-0.3, -0.25) is 23.4 Å². The van der Waals surface area contributed by atoms with Crippen molar-refractivity contribution in [3.05, 3.63) is 60.8 Å². The van der Waals surface area contributed by atoms with Crippen LogP contribution in [0.4, 0.5) is 0 Å². The molecule has 3 unspecified atom stereocenters. The molecule has 0 aromatic heterocycles. The van der Waals surface area contributed by atoms with Gasteiger partial charge in [-0.05, 0) is 83.5 Å². The standard InChI is InChI=1S/C62H111O11P/c1-4-7-10-13-16-19-22-25-28-29-32-33-36-39-42-45-48-51-60(64)69-55-59(73-62(66)53-50-47-44-41-38-35-31-27-24-21-18-15-12-9-6-3)57-71-74(67,68)70-56-58(54-63)72-61(65)52-49-46-43-40-37-34-30-26-23-20-17-14-11-8-5-2/h9,12,17-18,20-21,26-27,30-31,58-59,63H,4-8,10-11,13-16,19,22-25,28-29,32-57H2,1-3H3,(H,67,68)/b12-9-,20-17-,21-18-,30-26-,31-27-. The average Bonchev–Trinajstić information content (AvgIpc) is 3.39. The summed E-state index contributed by atoms with van der Waals surface area (Å²) in [6, 6.07) is 0. The number of phosphoric ester groups is 1. The molecular weight excluding hydrogens is 952 g/mol. The highest BCUT2D eigenvalue weighted by atomic mass is 31.2. The largest absolute Gasteiger partial charge is 0.472 e. The predicted molar refractivity (Wildman–Crippen MR) is 307 cm³/mol. The van der Waals surface area contributed by atoms with Gasteiger partial charge in [-0.1, -0.05) is 236 Å². The van der Waals surface area contributed by atoms with Gasteiger partial charge < -0.3 is 24.2 Å². The summed E-state index contributed by atoms with van der Waals surface area (Å²) < 4.78 is 39.6. The molecule has 0 aliphatic heterocycles. The summed E-state index contributed by atoms with van der Waals surface area (Å²) in [5.74, 6) is -1.49. The molecule has 11 nitrogen and oxygen atoms in total. The number of carbonyl (C=O) groups is 3. The molecule has 0 aliphatic rings. The van der Waals surface area contributed by atoms with Crippen LogP contribution in [0.3, 0.4) is 0 Å². The van der Waals surface area contributed by atoms with E-state index in [-0.39, 0.29) is 25.9 Å². The van der Waals surface area contributed by atoms with E-state index in [0.717, 1.165) is 116 Å². The smallest absolute Gasteiger partial charge is 0.462 e. The van der Waals surface area contributed by atoms with E-state index in [1.807, 2.05) is 0 Å². The van der Waals surface area contributed by atoms with E-state index in [1.54, 1.807) is 0 Å². The lowest BCUT2D eigenvalue weighted by molar-refractivity contribution is -0.161. The van der Waals surface area contributed by atoms with Crippen molar-refractivity contribution in [2.24, 2.45) is 0 Å². The number of unbranched alkanes of at least 4 members (excludes halogenated alkanes) is 29. The minimum atomic E-state index is -4.76. The second kappa shape index (κ2) is 56.4. The van der Waals surface area contributed by atoms with Crippen molar-refractivity contribution in [2.45, 2.75) is 290 Å². The van der Waals surface area contributed by atoms with Crippen molar-refractivity contribution in [1.29, 1.82) is 0 Å². The summed E-state index contributed by atoms with van der Waals surface area (Å²) in [4.78, 5) is 48.6. The SMILES string of the molecule is CC/C=C\C/C=C\C/C=C\CCCCCCCC(=O)OC(COC(=O)CCCCCCCCCCCCCCCCCCC)COP(=O)(O)OCC(CO)OC(=O)CCCCCCC/C=C\C/C=C\CCCCC. The second-order valence-electron chi connectivity index (χ2n) is 20.1. The van der Waals surface area contributed by atoms with E-state index in [1.165, 1.54) is 103 Å². The second-order valence-corrected chi connectivity index (χ2v) is 21.6. The van der Waals surface area contributed by atoms with Crippen LogP contribution in [-0.4, -0.2) is 66.5 Å². The Morgan fingerprint density at radius 1 is 0.392 bits per heavy atom. The van der Waals surface area contributed by atoms with Crippen molar-refractivity contribution in [2.75, 3.05) is 26.4 Å². The normalized spacial score (nSPS) is 13.7. The van der Waals surface area contributed by atoms with Crippen molar-refractivity contribution < 1.29 is 52.2 Å². The first kappa shape index (κ1) is 71.2. The number of rotatable bonds is 56. The van der Waals surface area contributed by atoms with E-state index >= 15 is 0 Å². The zero-order chi connectivity index (χ0) is 54.1. The summed E-state index contributed by atoms with van der Waals surface area (Å²) in [6.07, 6.45) is 61.7. The molecule has 0 aromatic carbocycles. The van der Waals surface area contributed by atoms with Crippen molar-refractivity contribution >= 4 is 25.7 Å². The van der Waals surface area contributed by atoms with Gasteiger partial charge in [-0.2, -0.15) is 0 Å². The fourth-order valence-corrected chi connectivity index (χ4v) is 9.13. The van der Waals surface area contributed by atoms with Crippen LogP contribution in [0, 0.1) is 0 Å². The maximum Gasteiger partial charge on any atom is 0.472 e. The minimum Gasteiger partial charge on any atom is -0.462 e. The lowest BCUT2D eigenvalue weighted by Gasteiger charge is -2.21. The molecule has 0 fully saturated rings. The molecule has 0 radical (unpaired) electrons. The van der Waals surface area contributed by atoms with Crippen LogP contribution in [0.5, 0.6) is 0 Å². The average molecular weight is 1060 g/mol. The number of hydrogen-bond acceptors (Lipinski definition) is 10. The molecule has 0 aliphatic carbocycles. The summed E-state index contributed by atoms with van der Waals surface area (Å²) in [6.45, 7) is 4.51. The number of esters is 3. The van der Waals surface area contributed by atoms with Gasteiger partial charge in [0.05, 0.1) is 19.8 Å². The summed E-state index contributed by atoms with van der Waals surface area (Å²) >= 11 is 0. The Bertz CT molecular complexity index is 1470. The number of aliphatic hydroxyl groups excluding tert-OH is 1. The monoisotopic (exact) mass is 1060 g/mol. The predicted octanol–water partition coefficient (Wildman–Crippen LogP) is 17.9. The maximum absolute atomic E-state index is 12.9. The molecule has 3 atom stereocenters. The molecule has 0 saturated carbocycles. The Hall–Kier alpha value is -2.82. The quantitative estimate of drug-likeness (QED) is 0.0197. The molecule has 430 valence electrons. The Morgan fingerprint density at radius 3 is 1.11 bits per heavy atom. The van der Waals surface area contributed by atoms with Gasteiger partial charge in [-0.25, -0.2) is 4.57 Å². The fraction of sp³-hybridized carbons (Fsp3) is 0.790. The lowest BCUT2D eigenvalue weighted by Crippen LogP contribution is -2.30. The summed E-state index contributed by atoms with van der Waals surface area (Å²) in [5, 5.41) is 9.82. The van der Waals surface area contributed by atoms with Crippen molar-refractivity contribution in [3.63, 3.8) is 0 Å². The van der Waals surface area contributed by atoms with Gasteiger partial charge in [0.25, 0.3) is 0 Å². The molecule has 0 aromatic rings. The molecule has 0 saturated heterocycles. The zero-order valence-electron chi connectivity index (χ0n) is 47.6. The highest BCUT2D eigenvalue weighted by molar-refractivity contribution is 7.47. The topological polar surface area (TPSA) is 155 Å². The number of allylic oxidation sites excluding steroid dienone is 10. The van der Waals surface area contributed by atoms with E-state index < -0.39 is 57.8 Å². The van der Waals surface area contributed by atoms with Crippen molar-refractivity contribution in [3.8, 4) is 0 Å². The molecule has 0 spiro atoms. The van der Waals surface area contributed by atoms with Crippen LogP contribution >= 0.6 is 7.82 Å². The first-order chi connectivity index (χ1) is 36.2. The van der Waals surface area contributed by atoms with Gasteiger partial charge in [0.2, 0.25) is 0 Å². The molecule has 0 amide bonds. The molecule has 0 bridgehead atoms. The third-order valence-corrected chi connectivity index (χ3v) is 13.9. The number of aliphatic hydroxyl groups is 1. The number of ether oxygens (including phenoxy) is 3. The van der Waals surface area contributed by atoms with Gasteiger partial charge in [0.15, 0.2) is 6.10 Å². The van der Waals surface area contributed by atoms with Crippen LogP contribution in [0.1, 0.15) is 278 Å². The van der Waals surface area contributed by atoms with E-state index in [2.05, 4.69) is 81.5 Å². The van der Waals surface area contributed by atoms with Gasteiger partial charge in [-0.15, -0.1) is 0 Å². The summed E-state index contributed by atoms with van der Waals surface area (Å²) in [5.41, 5.74) is 0. The number of hydrogen-bond donors (Lipinski definition) is 2. The molecular formula is C62H111O11P. The Morgan fingerprint density at radius 2 is 0.703 bits per heavy atom. The van der Waals surface area contributed by atoms with Gasteiger partial charge in [0, 0.05) is 19.3 Å². The molecule has 74 heavy (non-hydrogen) atoms. The van der Waals surface area contributed by atoms with E-state index in [9.17, 15) is 28.9 Å². The Kier molecular flexibility index (Phi) is 54.2.